The summed E-state index contributed by atoms with van der Waals surface area (Å²) in [5, 5.41) is 18.4. The van der Waals surface area contributed by atoms with Crippen LogP contribution in [0.25, 0.3) is 0 Å². The van der Waals surface area contributed by atoms with Crippen molar-refractivity contribution in [3.63, 3.8) is 0 Å². The van der Waals surface area contributed by atoms with Gasteiger partial charge in [0.25, 0.3) is 0 Å². The fraction of sp³-hybridized carbons (Fsp3) is 0.882. The zero-order valence-corrected chi connectivity index (χ0v) is 16.0. The predicted octanol–water partition coefficient (Wildman–Crippen LogP) is 3.56. The van der Waals surface area contributed by atoms with Crippen LogP contribution in [0.2, 0.25) is 0 Å². The molecule has 0 aliphatic rings. The van der Waals surface area contributed by atoms with Gasteiger partial charge in [0.15, 0.2) is 0 Å². The molecule has 0 aromatic rings. The molecule has 0 saturated carbocycles. The molecule has 0 spiro atoms. The lowest BCUT2D eigenvalue weighted by Crippen LogP contribution is -2.29. The fourth-order valence-electron chi connectivity index (χ4n) is 2.40. The molecule has 24 heavy (non-hydrogen) atoms. The van der Waals surface area contributed by atoms with Crippen molar-refractivity contribution >= 4 is 24.3 Å². The summed E-state index contributed by atoms with van der Waals surface area (Å²) in [6.07, 6.45) is 10.5. The van der Waals surface area contributed by atoms with Crippen LogP contribution in [0, 0.1) is 0 Å². The van der Waals surface area contributed by atoms with Crippen LogP contribution in [0.3, 0.4) is 0 Å². The third kappa shape index (κ3) is 17.5. The number of halogens is 1. The number of carboxylic acid groups (broad SMARTS) is 1. The first-order chi connectivity index (χ1) is 10.9. The molecule has 7 heteroatoms. The van der Waals surface area contributed by atoms with Gasteiger partial charge in [-0.3, -0.25) is 14.8 Å². The molecule has 0 aromatic carbocycles. The summed E-state index contributed by atoms with van der Waals surface area (Å²) < 4.78 is 0. The van der Waals surface area contributed by atoms with E-state index in [0.29, 0.717) is 11.5 Å². The predicted molar refractivity (Wildman–Crippen MR) is 97.7 cm³/mol. The Bertz CT molecular complexity index is 328. The van der Waals surface area contributed by atoms with Crippen molar-refractivity contribution in [2.24, 2.45) is 0 Å². The minimum absolute atomic E-state index is 0. The smallest absolute Gasteiger partial charge is 0.305 e. The highest BCUT2D eigenvalue weighted by Gasteiger charge is 2.11. The molecular weight excluding hydrogens is 332 g/mol. The van der Waals surface area contributed by atoms with Gasteiger partial charge >= 0.3 is 5.97 Å². The lowest BCUT2D eigenvalue weighted by Gasteiger charge is -2.13. The summed E-state index contributed by atoms with van der Waals surface area (Å²) in [7, 11) is 4.21. The standard InChI is InChI=1S/C17H34N2O4.ClH/c1-18(2)14-11-9-7-5-3-4-6-8-10-12-16(20)19(23)15-13-17(21)22;/h23H,3-15H2,1-2H3,(H,21,22);1H. The second kappa shape index (κ2) is 17.0. The van der Waals surface area contributed by atoms with Crippen molar-refractivity contribution < 1.29 is 19.9 Å². The first-order valence-corrected chi connectivity index (χ1v) is 8.79. The highest BCUT2D eigenvalue weighted by Crippen LogP contribution is 2.11. The maximum absolute atomic E-state index is 11.5. The van der Waals surface area contributed by atoms with Gasteiger partial charge < -0.3 is 10.0 Å². The number of hydrogen-bond donors (Lipinski definition) is 2. The minimum Gasteiger partial charge on any atom is -0.481 e. The average molecular weight is 367 g/mol. The highest BCUT2D eigenvalue weighted by atomic mass is 35.5. The normalized spacial score (nSPS) is 10.5. The third-order valence-electron chi connectivity index (χ3n) is 3.82. The molecule has 0 rings (SSSR count). The Labute approximate surface area is 152 Å². The Morgan fingerprint density at radius 1 is 0.750 bits per heavy atom. The van der Waals surface area contributed by atoms with Crippen LogP contribution in [0.15, 0.2) is 0 Å². The lowest BCUT2D eigenvalue weighted by atomic mass is 10.1. The van der Waals surface area contributed by atoms with E-state index in [1.807, 2.05) is 0 Å². The van der Waals surface area contributed by atoms with E-state index in [4.69, 9.17) is 5.11 Å². The van der Waals surface area contributed by atoms with Crippen LogP contribution in [0.4, 0.5) is 0 Å². The molecule has 0 bridgehead atoms. The average Bonchev–Trinajstić information content (AvgIpc) is 2.49. The van der Waals surface area contributed by atoms with Crippen molar-refractivity contribution in [3.8, 4) is 0 Å². The number of unbranched alkanes of at least 4 members (excludes halogenated alkanes) is 8. The molecule has 0 aliphatic carbocycles. The van der Waals surface area contributed by atoms with Crippen LogP contribution in [0.5, 0.6) is 0 Å². The van der Waals surface area contributed by atoms with Crippen LogP contribution >= 0.6 is 12.4 Å². The molecule has 0 heterocycles. The Hall–Kier alpha value is -0.850. The number of rotatable bonds is 15. The molecule has 0 fully saturated rings. The summed E-state index contributed by atoms with van der Waals surface area (Å²) in [6, 6.07) is 0. The molecule has 6 nitrogen and oxygen atoms in total. The van der Waals surface area contributed by atoms with Gasteiger partial charge in [-0.15, -0.1) is 12.4 Å². The molecule has 0 unspecified atom stereocenters. The Morgan fingerprint density at radius 2 is 1.21 bits per heavy atom. The van der Waals surface area contributed by atoms with Crippen molar-refractivity contribution in [3.05, 3.63) is 0 Å². The monoisotopic (exact) mass is 366 g/mol. The lowest BCUT2D eigenvalue weighted by molar-refractivity contribution is -0.167. The van der Waals surface area contributed by atoms with E-state index in [1.54, 1.807) is 0 Å². The molecular formula is C17H35ClN2O4. The van der Waals surface area contributed by atoms with Crippen LogP contribution in [-0.2, 0) is 9.59 Å². The zero-order valence-electron chi connectivity index (χ0n) is 15.2. The Kier molecular flexibility index (Phi) is 18.0. The molecule has 0 aliphatic heterocycles. The van der Waals surface area contributed by atoms with Crippen molar-refractivity contribution in [1.29, 1.82) is 0 Å². The number of aliphatic carboxylic acids is 1. The number of amides is 1. The van der Waals surface area contributed by atoms with Crippen LogP contribution in [-0.4, -0.2) is 59.3 Å². The van der Waals surface area contributed by atoms with E-state index >= 15 is 0 Å². The van der Waals surface area contributed by atoms with E-state index < -0.39 is 5.97 Å². The first-order valence-electron chi connectivity index (χ1n) is 8.79. The SMILES string of the molecule is CN(C)CCCCCCCCCCCC(=O)N(O)CCC(=O)O.Cl. The molecule has 0 aromatic heterocycles. The topological polar surface area (TPSA) is 81.1 Å². The molecule has 0 radical (unpaired) electrons. The summed E-state index contributed by atoms with van der Waals surface area (Å²) in [4.78, 5) is 24.1. The van der Waals surface area contributed by atoms with Crippen LogP contribution < -0.4 is 0 Å². The van der Waals surface area contributed by atoms with Gasteiger partial charge in [0.1, 0.15) is 0 Å². The van der Waals surface area contributed by atoms with E-state index in [-0.39, 0.29) is 31.3 Å². The fourth-order valence-corrected chi connectivity index (χ4v) is 2.40. The molecule has 1 amide bonds. The van der Waals surface area contributed by atoms with E-state index in [0.717, 1.165) is 19.3 Å². The number of carbonyl (C=O) groups is 2. The molecule has 0 atom stereocenters. The first kappa shape index (κ1) is 25.4. The zero-order chi connectivity index (χ0) is 17.5. The van der Waals surface area contributed by atoms with Gasteiger partial charge in [-0.1, -0.05) is 44.9 Å². The van der Waals surface area contributed by atoms with Gasteiger partial charge in [-0.05, 0) is 33.5 Å². The van der Waals surface area contributed by atoms with E-state index in [1.165, 1.54) is 45.1 Å². The molecule has 0 saturated heterocycles. The number of carboxylic acids is 1. The quantitative estimate of drug-likeness (QED) is 0.263. The summed E-state index contributed by atoms with van der Waals surface area (Å²) in [5.41, 5.74) is 0. The number of hydroxylamine groups is 2. The minimum atomic E-state index is -1.02. The van der Waals surface area contributed by atoms with Crippen molar-refractivity contribution in [1.82, 2.24) is 9.96 Å². The van der Waals surface area contributed by atoms with Gasteiger partial charge in [-0.25, -0.2) is 5.06 Å². The number of nitrogens with zero attached hydrogens (tertiary/aromatic N) is 2. The van der Waals surface area contributed by atoms with Crippen molar-refractivity contribution in [2.75, 3.05) is 27.2 Å². The Balaban J connectivity index is 0. The van der Waals surface area contributed by atoms with Crippen molar-refractivity contribution in [2.45, 2.75) is 70.6 Å². The maximum Gasteiger partial charge on any atom is 0.305 e. The number of hydrogen-bond acceptors (Lipinski definition) is 4. The largest absolute Gasteiger partial charge is 0.481 e. The van der Waals surface area contributed by atoms with Gasteiger partial charge in [0.2, 0.25) is 5.91 Å². The van der Waals surface area contributed by atoms with Crippen LogP contribution in [0.1, 0.15) is 70.6 Å². The number of carbonyl (C=O) groups excluding carboxylic acids is 1. The van der Waals surface area contributed by atoms with E-state index in [2.05, 4.69) is 19.0 Å². The third-order valence-corrected chi connectivity index (χ3v) is 3.82. The van der Waals surface area contributed by atoms with Gasteiger partial charge in [0, 0.05) is 6.42 Å². The Morgan fingerprint density at radius 3 is 1.67 bits per heavy atom. The summed E-state index contributed by atoms with van der Waals surface area (Å²) in [6.45, 7) is 1.03. The highest BCUT2D eigenvalue weighted by molar-refractivity contribution is 5.85. The van der Waals surface area contributed by atoms with E-state index in [9.17, 15) is 14.8 Å². The second-order valence-corrected chi connectivity index (χ2v) is 6.40. The maximum atomic E-state index is 11.5. The van der Waals surface area contributed by atoms with Gasteiger partial charge in [-0.2, -0.15) is 0 Å². The summed E-state index contributed by atoms with van der Waals surface area (Å²) >= 11 is 0. The molecule has 144 valence electrons. The molecule has 2 N–H and O–H groups in total. The summed E-state index contributed by atoms with van der Waals surface area (Å²) in [5.74, 6) is -1.40. The second-order valence-electron chi connectivity index (χ2n) is 6.40. The van der Waals surface area contributed by atoms with Gasteiger partial charge in [0.05, 0.1) is 13.0 Å².